The predicted molar refractivity (Wildman–Crippen MR) is 111 cm³/mol. The molecule has 6 heteroatoms. The molecule has 0 aliphatic heterocycles. The Kier molecular flexibility index (Phi) is 23.3. The van der Waals surface area contributed by atoms with E-state index < -0.39 is 10.9 Å². The van der Waals surface area contributed by atoms with Crippen molar-refractivity contribution in [3.8, 4) is 0 Å². The predicted octanol–water partition coefficient (Wildman–Crippen LogP) is 5.75. The van der Waals surface area contributed by atoms with Gasteiger partial charge in [0.25, 0.3) is 0 Å². The lowest BCUT2D eigenvalue weighted by atomic mass is 10.0. The minimum absolute atomic E-state index is 0.125. The lowest BCUT2D eigenvalue weighted by molar-refractivity contribution is -0.470. The summed E-state index contributed by atoms with van der Waals surface area (Å²) in [6.07, 6.45) is 18.7. The Bertz CT molecular complexity index is 383. The number of carboxylic acids is 1. The molecule has 6 nitrogen and oxygen atoms in total. The van der Waals surface area contributed by atoms with E-state index in [4.69, 9.17) is 10.2 Å². The summed E-state index contributed by atoms with van der Waals surface area (Å²) >= 11 is 0. The zero-order chi connectivity index (χ0) is 20.8. The van der Waals surface area contributed by atoms with Crippen LogP contribution in [0.15, 0.2) is 11.6 Å². The molecule has 0 saturated heterocycles. The molecule has 160 valence electrons. The fourth-order valence-electron chi connectivity index (χ4n) is 2.72. The third-order valence-corrected chi connectivity index (χ3v) is 4.31. The summed E-state index contributed by atoms with van der Waals surface area (Å²) in [4.78, 5) is 19.6. The van der Waals surface area contributed by atoms with Gasteiger partial charge in [0.1, 0.15) is 0 Å². The molecule has 27 heavy (non-hydrogen) atoms. The third kappa shape index (κ3) is 29.6. The molecule has 0 aromatic heterocycles. The molecular formula is C21H41NO5. The zero-order valence-corrected chi connectivity index (χ0v) is 17.5. The van der Waals surface area contributed by atoms with Crippen LogP contribution in [0.5, 0.6) is 0 Å². The first-order chi connectivity index (χ1) is 12.9. The number of hydrogen-bond acceptors (Lipinski definition) is 4. The van der Waals surface area contributed by atoms with Crippen molar-refractivity contribution in [3.63, 3.8) is 0 Å². The van der Waals surface area contributed by atoms with Gasteiger partial charge in [0.2, 0.25) is 6.54 Å². The lowest BCUT2D eigenvalue weighted by Gasteiger charge is -2.02. The maximum absolute atomic E-state index is 10.3. The number of rotatable bonds is 17. The maximum Gasteiger partial charge on any atom is 0.303 e. The van der Waals surface area contributed by atoms with Crippen LogP contribution in [0.25, 0.3) is 0 Å². The molecule has 0 heterocycles. The smallest absolute Gasteiger partial charge is 0.303 e. The third-order valence-electron chi connectivity index (χ3n) is 4.31. The minimum Gasteiger partial charge on any atom is -0.481 e. The monoisotopic (exact) mass is 387 g/mol. The highest BCUT2D eigenvalue weighted by atomic mass is 16.6. The second-order valence-corrected chi connectivity index (χ2v) is 7.11. The number of nitrogens with zero attached hydrogens (tertiary/aromatic N) is 1. The molecule has 0 aliphatic carbocycles. The van der Waals surface area contributed by atoms with Crippen LogP contribution in [-0.2, 0) is 4.79 Å². The van der Waals surface area contributed by atoms with Gasteiger partial charge in [-0.3, -0.25) is 14.9 Å². The van der Waals surface area contributed by atoms with Gasteiger partial charge >= 0.3 is 5.97 Å². The highest BCUT2D eigenvalue weighted by molar-refractivity contribution is 5.66. The summed E-state index contributed by atoms with van der Waals surface area (Å²) in [5.74, 6) is -0.655. The van der Waals surface area contributed by atoms with E-state index in [1.54, 1.807) is 6.92 Å². The molecule has 0 bridgehead atoms. The van der Waals surface area contributed by atoms with E-state index in [1.807, 2.05) is 0 Å². The Morgan fingerprint density at radius 1 is 0.889 bits per heavy atom. The molecule has 0 atom stereocenters. The standard InChI is InChI=1S/C16H32O2.C5H9NO3/c1-2-3-4-5-6-7-8-9-10-11-12-13-14-15-16(17)18;1-5(2-3-7)4-6(8)9/h2-15H2,1H3,(H,17,18);2,7H,3-4H2,1H3. The van der Waals surface area contributed by atoms with Crippen LogP contribution >= 0.6 is 0 Å². The molecule has 0 aromatic carbocycles. The van der Waals surface area contributed by atoms with E-state index in [-0.39, 0.29) is 13.2 Å². The average molecular weight is 388 g/mol. The number of aliphatic hydroxyl groups is 1. The Hall–Kier alpha value is -1.43. The first kappa shape index (κ1) is 27.8. The quantitative estimate of drug-likeness (QED) is 0.143. The van der Waals surface area contributed by atoms with Crippen molar-refractivity contribution in [1.82, 2.24) is 0 Å². The van der Waals surface area contributed by atoms with Gasteiger partial charge < -0.3 is 10.2 Å². The van der Waals surface area contributed by atoms with E-state index in [0.717, 1.165) is 12.8 Å². The van der Waals surface area contributed by atoms with Crippen molar-refractivity contribution in [1.29, 1.82) is 0 Å². The molecule has 0 aliphatic rings. The number of aliphatic hydroxyl groups excluding tert-OH is 1. The van der Waals surface area contributed by atoms with Crippen LogP contribution in [0.2, 0.25) is 0 Å². The average Bonchev–Trinajstić information content (AvgIpc) is 2.59. The van der Waals surface area contributed by atoms with Crippen LogP contribution in [-0.4, -0.2) is 34.3 Å². The van der Waals surface area contributed by atoms with Gasteiger partial charge in [-0.25, -0.2) is 0 Å². The Morgan fingerprint density at radius 3 is 1.63 bits per heavy atom. The Labute approximate surface area is 165 Å². The molecule has 0 rings (SSSR count). The van der Waals surface area contributed by atoms with Gasteiger partial charge in [-0.2, -0.15) is 0 Å². The van der Waals surface area contributed by atoms with Crippen molar-refractivity contribution in [2.75, 3.05) is 13.2 Å². The summed E-state index contributed by atoms with van der Waals surface area (Å²) in [5.41, 5.74) is 0.586. The van der Waals surface area contributed by atoms with E-state index in [0.29, 0.717) is 12.0 Å². The van der Waals surface area contributed by atoms with E-state index >= 15 is 0 Å². The first-order valence-corrected chi connectivity index (χ1v) is 10.5. The van der Waals surface area contributed by atoms with Gasteiger partial charge in [-0.15, -0.1) is 0 Å². The molecule has 0 saturated carbocycles. The van der Waals surface area contributed by atoms with Gasteiger partial charge in [0, 0.05) is 11.3 Å². The van der Waals surface area contributed by atoms with Crippen LogP contribution in [0.4, 0.5) is 0 Å². The minimum atomic E-state index is -0.655. The van der Waals surface area contributed by atoms with Crippen LogP contribution < -0.4 is 0 Å². The maximum atomic E-state index is 10.3. The normalized spacial score (nSPS) is 11.0. The summed E-state index contributed by atoms with van der Waals surface area (Å²) in [6.45, 7) is 3.57. The largest absolute Gasteiger partial charge is 0.481 e. The van der Waals surface area contributed by atoms with Crippen molar-refractivity contribution < 1.29 is 19.9 Å². The van der Waals surface area contributed by atoms with Crippen LogP contribution in [0.1, 0.15) is 104 Å². The number of unbranched alkanes of at least 4 members (excludes halogenated alkanes) is 12. The molecule has 0 fully saturated rings. The van der Waals surface area contributed by atoms with E-state index in [1.165, 1.54) is 76.7 Å². The van der Waals surface area contributed by atoms with Crippen molar-refractivity contribution in [2.45, 2.75) is 104 Å². The summed E-state index contributed by atoms with van der Waals surface area (Å²) in [5, 5.41) is 26.5. The second kappa shape index (κ2) is 22.6. The number of nitro groups is 1. The number of aliphatic carboxylic acids is 1. The van der Waals surface area contributed by atoms with Crippen molar-refractivity contribution in [3.05, 3.63) is 21.8 Å². The van der Waals surface area contributed by atoms with Gasteiger partial charge in [0.15, 0.2) is 0 Å². The second-order valence-electron chi connectivity index (χ2n) is 7.11. The van der Waals surface area contributed by atoms with Crippen LogP contribution in [0.3, 0.4) is 0 Å². The fourth-order valence-corrected chi connectivity index (χ4v) is 2.72. The molecule has 0 radical (unpaired) electrons. The molecule has 0 aromatic rings. The molecule has 0 spiro atoms. The highest BCUT2D eigenvalue weighted by Crippen LogP contribution is 2.12. The molecule has 2 N–H and O–H groups in total. The number of hydrogen-bond donors (Lipinski definition) is 2. The van der Waals surface area contributed by atoms with E-state index in [2.05, 4.69) is 6.92 Å². The fraction of sp³-hybridized carbons (Fsp3) is 0.857. The van der Waals surface area contributed by atoms with Gasteiger partial charge in [-0.1, -0.05) is 90.0 Å². The highest BCUT2D eigenvalue weighted by Gasteiger charge is 1.97. The first-order valence-electron chi connectivity index (χ1n) is 10.5. The number of carbonyl (C=O) groups is 1. The number of carboxylic acid groups (broad SMARTS) is 1. The lowest BCUT2D eigenvalue weighted by Crippen LogP contribution is -2.01. The zero-order valence-electron chi connectivity index (χ0n) is 17.5. The topological polar surface area (TPSA) is 101 Å². The van der Waals surface area contributed by atoms with Gasteiger partial charge in [0.05, 0.1) is 6.61 Å². The van der Waals surface area contributed by atoms with Crippen molar-refractivity contribution >= 4 is 5.97 Å². The summed E-state index contributed by atoms with van der Waals surface area (Å²) in [6, 6.07) is 0. The Morgan fingerprint density at radius 2 is 1.30 bits per heavy atom. The molecule has 0 amide bonds. The molecular weight excluding hydrogens is 346 g/mol. The summed E-state index contributed by atoms with van der Waals surface area (Å²) < 4.78 is 0. The van der Waals surface area contributed by atoms with Gasteiger partial charge in [-0.05, 0) is 18.9 Å². The van der Waals surface area contributed by atoms with Crippen molar-refractivity contribution in [2.24, 2.45) is 0 Å². The van der Waals surface area contributed by atoms with E-state index in [9.17, 15) is 14.9 Å². The van der Waals surface area contributed by atoms with Crippen LogP contribution in [0, 0.1) is 10.1 Å². The summed E-state index contributed by atoms with van der Waals surface area (Å²) in [7, 11) is 0. The molecule has 0 unspecified atom stereocenters. The SMILES string of the molecule is CC(=CCO)C[N+](=O)[O-].CCCCCCCCCCCCCCCC(=O)O. The Balaban J connectivity index is 0.